The summed E-state index contributed by atoms with van der Waals surface area (Å²) in [5.74, 6) is -2.02. The van der Waals surface area contributed by atoms with Crippen molar-refractivity contribution in [3.05, 3.63) is 40.4 Å². The molecule has 0 heterocycles. The van der Waals surface area contributed by atoms with Crippen LogP contribution >= 0.6 is 15.9 Å². The molecule has 0 N–H and O–H groups in total. The van der Waals surface area contributed by atoms with Gasteiger partial charge in [-0.05, 0) is 24.6 Å². The summed E-state index contributed by atoms with van der Waals surface area (Å²) >= 11 is 3.05. The van der Waals surface area contributed by atoms with Gasteiger partial charge in [0.15, 0.2) is 11.6 Å². The highest BCUT2D eigenvalue weighted by molar-refractivity contribution is 9.10. The van der Waals surface area contributed by atoms with Crippen LogP contribution in [-0.4, -0.2) is 6.61 Å². The summed E-state index contributed by atoms with van der Waals surface area (Å²) in [7, 11) is 0. The van der Waals surface area contributed by atoms with E-state index in [1.807, 2.05) is 0 Å². The summed E-state index contributed by atoms with van der Waals surface area (Å²) in [5.41, 5.74) is 0.741. The summed E-state index contributed by atoms with van der Waals surface area (Å²) in [5, 5.41) is 0. The minimum atomic E-state index is -0.977. The van der Waals surface area contributed by atoms with Gasteiger partial charge in [-0.25, -0.2) is 4.39 Å². The summed E-state index contributed by atoms with van der Waals surface area (Å²) < 4.78 is 31.4. The Labute approximate surface area is 89.5 Å². The molecule has 14 heavy (non-hydrogen) atoms. The fraction of sp³-hybridized carbons (Fsp3) is 0.200. The third-order valence-electron chi connectivity index (χ3n) is 1.43. The van der Waals surface area contributed by atoms with E-state index in [1.165, 1.54) is 6.07 Å². The summed E-state index contributed by atoms with van der Waals surface area (Å²) in [6.45, 7) is 5.51. The third kappa shape index (κ3) is 2.80. The molecule has 0 saturated heterocycles. The lowest BCUT2D eigenvalue weighted by molar-refractivity contribution is 0.324. The van der Waals surface area contributed by atoms with Crippen LogP contribution in [0.1, 0.15) is 6.92 Å². The highest BCUT2D eigenvalue weighted by Gasteiger charge is 2.10. The van der Waals surface area contributed by atoms with Gasteiger partial charge < -0.3 is 4.74 Å². The van der Waals surface area contributed by atoms with Crippen LogP contribution in [-0.2, 0) is 0 Å². The molecule has 1 nitrogen and oxygen atoms in total. The van der Waals surface area contributed by atoms with Crippen LogP contribution in [0.25, 0.3) is 0 Å². The normalized spacial score (nSPS) is 10.0. The monoisotopic (exact) mass is 262 g/mol. The Morgan fingerprint density at radius 1 is 1.50 bits per heavy atom. The molecule has 0 amide bonds. The van der Waals surface area contributed by atoms with Gasteiger partial charge in [0.05, 0.1) is 0 Å². The molecule has 0 atom stereocenters. The summed E-state index contributed by atoms with van der Waals surface area (Å²) in [6, 6.07) is 2.42. The first-order valence-corrected chi connectivity index (χ1v) is 4.71. The fourth-order valence-electron chi connectivity index (χ4n) is 0.838. The van der Waals surface area contributed by atoms with E-state index in [2.05, 4.69) is 22.5 Å². The van der Waals surface area contributed by atoms with E-state index in [0.717, 1.165) is 11.6 Å². The number of ether oxygens (including phenoxy) is 1. The average molecular weight is 263 g/mol. The van der Waals surface area contributed by atoms with E-state index in [4.69, 9.17) is 4.74 Å². The Kier molecular flexibility index (Phi) is 3.63. The van der Waals surface area contributed by atoms with Crippen molar-refractivity contribution in [2.75, 3.05) is 6.61 Å². The molecule has 0 spiro atoms. The molecule has 0 aromatic heterocycles. The van der Waals surface area contributed by atoms with Crippen molar-refractivity contribution in [2.45, 2.75) is 6.92 Å². The Hall–Kier alpha value is -0.900. The van der Waals surface area contributed by atoms with E-state index < -0.39 is 11.6 Å². The Balaban J connectivity index is 2.90. The van der Waals surface area contributed by atoms with E-state index in [-0.39, 0.29) is 12.4 Å². The van der Waals surface area contributed by atoms with Gasteiger partial charge in [-0.3, -0.25) is 0 Å². The van der Waals surface area contributed by atoms with Crippen molar-refractivity contribution in [1.82, 2.24) is 0 Å². The Bertz CT molecular complexity index is 363. The first kappa shape index (κ1) is 11.2. The zero-order chi connectivity index (χ0) is 10.7. The molecule has 1 aromatic carbocycles. The lowest BCUT2D eigenvalue weighted by Crippen LogP contribution is -2.01. The molecule has 0 bridgehead atoms. The maximum atomic E-state index is 13.1. The van der Waals surface area contributed by atoms with Crippen LogP contribution in [0, 0.1) is 11.6 Å². The maximum absolute atomic E-state index is 13.1. The SMILES string of the molecule is C=C(C)COc1cc(Br)cc(F)c1F. The van der Waals surface area contributed by atoms with Crippen molar-refractivity contribution in [3.8, 4) is 5.75 Å². The van der Waals surface area contributed by atoms with Crippen LogP contribution in [0.4, 0.5) is 8.78 Å². The van der Waals surface area contributed by atoms with E-state index in [9.17, 15) is 8.78 Å². The molecule has 1 rings (SSSR count). The molecule has 0 aliphatic heterocycles. The lowest BCUT2D eigenvalue weighted by atomic mass is 10.3. The maximum Gasteiger partial charge on any atom is 0.200 e. The fourth-order valence-corrected chi connectivity index (χ4v) is 1.25. The van der Waals surface area contributed by atoms with Gasteiger partial charge in [-0.15, -0.1) is 0 Å². The summed E-state index contributed by atoms with van der Waals surface area (Å²) in [6.07, 6.45) is 0. The summed E-state index contributed by atoms with van der Waals surface area (Å²) in [4.78, 5) is 0. The predicted molar refractivity (Wildman–Crippen MR) is 54.4 cm³/mol. The van der Waals surface area contributed by atoms with Crippen molar-refractivity contribution in [2.24, 2.45) is 0 Å². The zero-order valence-electron chi connectivity index (χ0n) is 7.61. The second-order valence-electron chi connectivity index (χ2n) is 2.95. The van der Waals surface area contributed by atoms with Crippen LogP contribution in [0.15, 0.2) is 28.8 Å². The highest BCUT2D eigenvalue weighted by atomic mass is 79.9. The van der Waals surface area contributed by atoms with E-state index in [1.54, 1.807) is 6.92 Å². The van der Waals surface area contributed by atoms with Gasteiger partial charge in [0.25, 0.3) is 0 Å². The molecule has 0 radical (unpaired) electrons. The molecule has 1 aromatic rings. The molecular formula is C10H9BrF2O. The van der Waals surface area contributed by atoms with Crippen LogP contribution in [0.5, 0.6) is 5.75 Å². The molecular weight excluding hydrogens is 254 g/mol. The Morgan fingerprint density at radius 3 is 2.71 bits per heavy atom. The van der Waals surface area contributed by atoms with Gasteiger partial charge >= 0.3 is 0 Å². The van der Waals surface area contributed by atoms with Gasteiger partial charge in [-0.1, -0.05) is 22.5 Å². The molecule has 4 heteroatoms. The minimum absolute atomic E-state index is 0.111. The molecule has 0 aliphatic carbocycles. The molecule has 0 unspecified atom stereocenters. The number of hydrogen-bond donors (Lipinski definition) is 0. The largest absolute Gasteiger partial charge is 0.486 e. The number of benzene rings is 1. The van der Waals surface area contributed by atoms with Crippen LogP contribution in [0.3, 0.4) is 0 Å². The first-order chi connectivity index (χ1) is 6.50. The smallest absolute Gasteiger partial charge is 0.200 e. The van der Waals surface area contributed by atoms with Gasteiger partial charge in [0.1, 0.15) is 6.61 Å². The predicted octanol–water partition coefficient (Wildman–Crippen LogP) is 3.68. The first-order valence-electron chi connectivity index (χ1n) is 3.92. The molecule has 0 aliphatic rings. The van der Waals surface area contributed by atoms with Gasteiger partial charge in [-0.2, -0.15) is 4.39 Å². The van der Waals surface area contributed by atoms with Crippen molar-refractivity contribution >= 4 is 15.9 Å². The molecule has 0 saturated carbocycles. The van der Waals surface area contributed by atoms with E-state index in [0.29, 0.717) is 4.47 Å². The van der Waals surface area contributed by atoms with Crippen molar-refractivity contribution in [3.63, 3.8) is 0 Å². The zero-order valence-corrected chi connectivity index (χ0v) is 9.20. The minimum Gasteiger partial charge on any atom is -0.486 e. The molecule has 76 valence electrons. The Morgan fingerprint density at radius 2 is 2.14 bits per heavy atom. The van der Waals surface area contributed by atoms with E-state index >= 15 is 0 Å². The number of halogens is 3. The van der Waals surface area contributed by atoms with Crippen LogP contribution < -0.4 is 4.74 Å². The standard InChI is InChI=1S/C10H9BrF2O/c1-6(2)5-14-9-4-7(11)3-8(12)10(9)13/h3-4H,1,5H2,2H3. The van der Waals surface area contributed by atoms with Crippen molar-refractivity contribution < 1.29 is 13.5 Å². The van der Waals surface area contributed by atoms with Gasteiger partial charge in [0, 0.05) is 4.47 Å². The highest BCUT2D eigenvalue weighted by Crippen LogP contribution is 2.25. The third-order valence-corrected chi connectivity index (χ3v) is 1.89. The molecule has 0 fully saturated rings. The average Bonchev–Trinajstić information content (AvgIpc) is 2.08. The lowest BCUT2D eigenvalue weighted by Gasteiger charge is -2.07. The number of hydrogen-bond acceptors (Lipinski definition) is 1. The van der Waals surface area contributed by atoms with Crippen LogP contribution in [0.2, 0.25) is 0 Å². The second kappa shape index (κ2) is 4.55. The quantitative estimate of drug-likeness (QED) is 0.597. The number of rotatable bonds is 3. The second-order valence-corrected chi connectivity index (χ2v) is 3.86. The topological polar surface area (TPSA) is 9.23 Å². The van der Waals surface area contributed by atoms with Crippen molar-refractivity contribution in [1.29, 1.82) is 0 Å². The van der Waals surface area contributed by atoms with Gasteiger partial charge in [0.2, 0.25) is 5.82 Å².